The maximum absolute atomic E-state index is 12.2. The highest BCUT2D eigenvalue weighted by Crippen LogP contribution is 2.23. The summed E-state index contributed by atoms with van der Waals surface area (Å²) in [5.74, 6) is 1.99. The summed E-state index contributed by atoms with van der Waals surface area (Å²) in [5, 5.41) is 20.9. The van der Waals surface area contributed by atoms with Crippen molar-refractivity contribution in [1.29, 1.82) is 0 Å². The van der Waals surface area contributed by atoms with Gasteiger partial charge in [0.2, 0.25) is 5.91 Å². The predicted molar refractivity (Wildman–Crippen MR) is 124 cm³/mol. The number of carbonyl (C=O) groups is 1. The molecule has 2 aromatic carbocycles. The van der Waals surface area contributed by atoms with Gasteiger partial charge in [-0.3, -0.25) is 9.36 Å². The number of nitrogens with one attached hydrogen (secondary N) is 1. The number of aromatic nitrogens is 6. The summed E-state index contributed by atoms with van der Waals surface area (Å²) >= 11 is 1.49. The summed E-state index contributed by atoms with van der Waals surface area (Å²) in [6.07, 6.45) is 1.95. The van der Waals surface area contributed by atoms with Crippen molar-refractivity contribution in [2.24, 2.45) is 0 Å². The van der Waals surface area contributed by atoms with Crippen LogP contribution < -0.4 is 5.32 Å². The van der Waals surface area contributed by atoms with E-state index in [-0.39, 0.29) is 5.91 Å². The molecule has 1 N–H and O–H groups in total. The number of thioether (sulfide) groups is 1. The van der Waals surface area contributed by atoms with Crippen molar-refractivity contribution in [3.05, 3.63) is 84.6 Å². The van der Waals surface area contributed by atoms with E-state index in [1.54, 1.807) is 12.3 Å². The maximum atomic E-state index is 12.2. The molecule has 0 aliphatic rings. The number of rotatable bonds is 9. The number of amides is 1. The number of furan rings is 1. The zero-order valence-corrected chi connectivity index (χ0v) is 18.5. The van der Waals surface area contributed by atoms with Crippen molar-refractivity contribution in [3.63, 3.8) is 0 Å². The first-order chi connectivity index (χ1) is 16.3. The molecule has 3 heterocycles. The van der Waals surface area contributed by atoms with E-state index in [1.165, 1.54) is 11.8 Å². The fourth-order valence-electron chi connectivity index (χ4n) is 3.42. The summed E-state index contributed by atoms with van der Waals surface area (Å²) in [6.45, 7) is 0.805. The van der Waals surface area contributed by atoms with Crippen LogP contribution in [-0.2, 0) is 17.9 Å². The van der Waals surface area contributed by atoms with Gasteiger partial charge >= 0.3 is 0 Å². The average molecular weight is 460 g/mol. The molecule has 5 aromatic rings. The highest BCUT2D eigenvalue weighted by atomic mass is 32.2. The van der Waals surface area contributed by atoms with Gasteiger partial charge in [0.25, 0.3) is 0 Å². The van der Waals surface area contributed by atoms with Gasteiger partial charge in [0.15, 0.2) is 11.0 Å². The molecule has 0 radical (unpaired) electrons. The third-order valence-corrected chi connectivity index (χ3v) is 5.96. The fourth-order valence-corrected chi connectivity index (χ4v) is 4.33. The molecule has 0 saturated heterocycles. The molecule has 166 valence electrons. The molecule has 9 nitrogen and oxygen atoms in total. The van der Waals surface area contributed by atoms with Crippen LogP contribution in [-0.4, -0.2) is 41.4 Å². The van der Waals surface area contributed by atoms with Gasteiger partial charge in [-0.05, 0) is 36.4 Å². The first-order valence-electron chi connectivity index (χ1n) is 10.5. The molecular formula is C23H21N7O2S. The Labute approximate surface area is 193 Å². The smallest absolute Gasteiger partial charge is 0.221 e. The molecule has 0 saturated carbocycles. The Morgan fingerprint density at radius 3 is 2.67 bits per heavy atom. The Bertz CT molecular complexity index is 1350. The molecule has 0 aliphatic heterocycles. The standard InChI is InChI=1S/C23H21N7O2S/c31-22(24-15-18-9-6-13-32-18)12-14-33-23-27-26-21(30(23)17-7-2-1-3-8-17)16-29-20-11-5-4-10-19(20)25-28-29/h1-11,13H,12,14-16H2,(H,24,31). The number of carbonyl (C=O) groups excluding carboxylic acids is 1. The highest BCUT2D eigenvalue weighted by Gasteiger charge is 2.17. The number of para-hydroxylation sites is 2. The van der Waals surface area contributed by atoms with E-state index in [2.05, 4.69) is 25.8 Å². The third-order valence-electron chi connectivity index (χ3n) is 5.03. The molecule has 1 amide bonds. The fraction of sp³-hybridized carbons (Fsp3) is 0.174. The van der Waals surface area contributed by atoms with Gasteiger partial charge in [0.1, 0.15) is 17.8 Å². The van der Waals surface area contributed by atoms with E-state index >= 15 is 0 Å². The quantitative estimate of drug-likeness (QED) is 0.337. The Hall–Kier alpha value is -3.92. The SMILES string of the molecule is O=C(CCSc1nnc(Cn2nnc3ccccc32)n1-c1ccccc1)NCc1ccco1. The largest absolute Gasteiger partial charge is 0.467 e. The summed E-state index contributed by atoms with van der Waals surface area (Å²) in [5.41, 5.74) is 2.72. The van der Waals surface area contributed by atoms with Gasteiger partial charge in [-0.15, -0.1) is 15.3 Å². The van der Waals surface area contributed by atoms with Crippen LogP contribution in [0.3, 0.4) is 0 Å². The molecule has 5 rings (SSSR count). The van der Waals surface area contributed by atoms with E-state index in [0.717, 1.165) is 33.5 Å². The van der Waals surface area contributed by atoms with E-state index in [1.807, 2.05) is 69.9 Å². The van der Waals surface area contributed by atoms with Crippen molar-refractivity contribution in [3.8, 4) is 5.69 Å². The highest BCUT2D eigenvalue weighted by molar-refractivity contribution is 7.99. The Morgan fingerprint density at radius 2 is 1.82 bits per heavy atom. The number of fused-ring (bicyclic) bond motifs is 1. The van der Waals surface area contributed by atoms with Gasteiger partial charge in [0.05, 0.1) is 18.3 Å². The van der Waals surface area contributed by atoms with Crippen LogP contribution in [0, 0.1) is 0 Å². The van der Waals surface area contributed by atoms with Crippen LogP contribution in [0.15, 0.2) is 82.6 Å². The van der Waals surface area contributed by atoms with Crippen LogP contribution in [0.4, 0.5) is 0 Å². The first kappa shape index (κ1) is 21.0. The molecule has 0 atom stereocenters. The lowest BCUT2D eigenvalue weighted by atomic mass is 10.3. The normalized spacial score (nSPS) is 11.2. The number of nitrogens with zero attached hydrogens (tertiary/aromatic N) is 6. The van der Waals surface area contributed by atoms with Gasteiger partial charge < -0.3 is 9.73 Å². The van der Waals surface area contributed by atoms with Crippen LogP contribution >= 0.6 is 11.8 Å². The number of hydrogen-bond donors (Lipinski definition) is 1. The van der Waals surface area contributed by atoms with E-state index < -0.39 is 0 Å². The summed E-state index contributed by atoms with van der Waals surface area (Å²) in [6, 6.07) is 21.4. The molecule has 0 fully saturated rings. The monoisotopic (exact) mass is 459 g/mol. The minimum Gasteiger partial charge on any atom is -0.467 e. The first-order valence-corrected chi connectivity index (χ1v) is 11.5. The van der Waals surface area contributed by atoms with Crippen LogP contribution in [0.5, 0.6) is 0 Å². The Morgan fingerprint density at radius 1 is 0.970 bits per heavy atom. The predicted octanol–water partition coefficient (Wildman–Crippen LogP) is 3.45. The molecule has 0 spiro atoms. The lowest BCUT2D eigenvalue weighted by Gasteiger charge is -2.10. The van der Waals surface area contributed by atoms with Gasteiger partial charge in [0, 0.05) is 17.9 Å². The average Bonchev–Trinajstić information content (AvgIpc) is 3.60. The van der Waals surface area contributed by atoms with Gasteiger partial charge in [-0.25, -0.2) is 4.68 Å². The van der Waals surface area contributed by atoms with E-state index in [9.17, 15) is 4.79 Å². The van der Waals surface area contributed by atoms with Crippen molar-refractivity contribution in [2.45, 2.75) is 24.7 Å². The molecule has 10 heteroatoms. The van der Waals surface area contributed by atoms with Crippen molar-refractivity contribution in [2.75, 3.05) is 5.75 Å². The molecule has 0 bridgehead atoms. The van der Waals surface area contributed by atoms with Crippen molar-refractivity contribution >= 4 is 28.7 Å². The number of benzene rings is 2. The second kappa shape index (κ2) is 9.70. The minimum absolute atomic E-state index is 0.0426. The molecule has 33 heavy (non-hydrogen) atoms. The molecular weight excluding hydrogens is 438 g/mol. The lowest BCUT2D eigenvalue weighted by Crippen LogP contribution is -2.22. The summed E-state index contributed by atoms with van der Waals surface area (Å²) in [4.78, 5) is 12.2. The second-order valence-electron chi connectivity index (χ2n) is 7.26. The van der Waals surface area contributed by atoms with Crippen LogP contribution in [0.1, 0.15) is 18.0 Å². The molecule has 3 aromatic heterocycles. The molecule has 0 aliphatic carbocycles. The zero-order chi connectivity index (χ0) is 22.5. The van der Waals surface area contributed by atoms with Crippen molar-refractivity contribution in [1.82, 2.24) is 35.1 Å². The summed E-state index contributed by atoms with van der Waals surface area (Å²) < 4.78 is 9.06. The van der Waals surface area contributed by atoms with Crippen molar-refractivity contribution < 1.29 is 9.21 Å². The van der Waals surface area contributed by atoms with Crippen LogP contribution in [0.2, 0.25) is 0 Å². The Balaban J connectivity index is 1.31. The van der Waals surface area contributed by atoms with E-state index in [0.29, 0.717) is 25.3 Å². The third kappa shape index (κ3) is 4.80. The summed E-state index contributed by atoms with van der Waals surface area (Å²) in [7, 11) is 0. The van der Waals surface area contributed by atoms with E-state index in [4.69, 9.17) is 4.42 Å². The van der Waals surface area contributed by atoms with Gasteiger partial charge in [-0.2, -0.15) is 0 Å². The lowest BCUT2D eigenvalue weighted by molar-refractivity contribution is -0.120. The second-order valence-corrected chi connectivity index (χ2v) is 8.32. The zero-order valence-electron chi connectivity index (χ0n) is 17.7. The maximum Gasteiger partial charge on any atom is 0.221 e. The topological polar surface area (TPSA) is 104 Å². The van der Waals surface area contributed by atoms with Gasteiger partial charge in [-0.1, -0.05) is 47.3 Å². The molecule has 0 unspecified atom stereocenters. The minimum atomic E-state index is -0.0426. The number of hydrogen-bond acceptors (Lipinski definition) is 7. The van der Waals surface area contributed by atoms with Crippen LogP contribution in [0.25, 0.3) is 16.7 Å². The Kier molecular flexibility index (Phi) is 6.16.